The summed E-state index contributed by atoms with van der Waals surface area (Å²) in [7, 11) is 0. The second-order valence-corrected chi connectivity index (χ2v) is 6.28. The third-order valence-corrected chi connectivity index (χ3v) is 4.54. The SMILES string of the molecule is C[C@H]1CCN(C(=O)Nc2cccc(OCCF)c2)C[C@H]1n1ccnc1. The first kappa shape index (κ1) is 17.3. The number of carbonyl (C=O) groups is 1. The molecule has 2 heterocycles. The van der Waals surface area contributed by atoms with Gasteiger partial charge >= 0.3 is 6.03 Å². The first-order valence-corrected chi connectivity index (χ1v) is 8.49. The molecule has 0 spiro atoms. The fraction of sp³-hybridized carbons (Fsp3) is 0.444. The number of benzene rings is 1. The number of piperidine rings is 1. The fourth-order valence-corrected chi connectivity index (χ4v) is 3.11. The predicted molar refractivity (Wildman–Crippen MR) is 93.5 cm³/mol. The van der Waals surface area contributed by atoms with Crippen molar-refractivity contribution in [1.29, 1.82) is 0 Å². The lowest BCUT2D eigenvalue weighted by molar-refractivity contribution is 0.149. The first-order chi connectivity index (χ1) is 12.2. The molecule has 1 aliphatic rings. The molecule has 3 rings (SSSR count). The van der Waals surface area contributed by atoms with Crippen LogP contribution in [0.5, 0.6) is 5.75 Å². The van der Waals surface area contributed by atoms with Crippen LogP contribution in [0.1, 0.15) is 19.4 Å². The minimum absolute atomic E-state index is 0.00794. The van der Waals surface area contributed by atoms with Crippen molar-refractivity contribution in [2.24, 2.45) is 5.92 Å². The van der Waals surface area contributed by atoms with Gasteiger partial charge in [0.15, 0.2) is 0 Å². The van der Waals surface area contributed by atoms with Crippen molar-refractivity contribution in [3.05, 3.63) is 43.0 Å². The van der Waals surface area contributed by atoms with Crippen LogP contribution in [0.3, 0.4) is 0 Å². The van der Waals surface area contributed by atoms with Gasteiger partial charge in [-0.2, -0.15) is 0 Å². The predicted octanol–water partition coefficient (Wildman–Crippen LogP) is 3.35. The Balaban J connectivity index is 1.63. The van der Waals surface area contributed by atoms with E-state index in [1.54, 1.807) is 36.8 Å². The molecule has 2 aromatic rings. The number of likely N-dealkylation sites (tertiary alicyclic amines) is 1. The highest BCUT2D eigenvalue weighted by Crippen LogP contribution is 2.28. The maximum Gasteiger partial charge on any atom is 0.321 e. The molecule has 7 heteroatoms. The van der Waals surface area contributed by atoms with Crippen molar-refractivity contribution in [2.75, 3.05) is 31.7 Å². The fourth-order valence-electron chi connectivity index (χ4n) is 3.11. The summed E-state index contributed by atoms with van der Waals surface area (Å²) in [5.41, 5.74) is 0.638. The molecule has 0 saturated carbocycles. The topological polar surface area (TPSA) is 59.4 Å². The number of urea groups is 1. The number of aromatic nitrogens is 2. The maximum absolute atomic E-state index is 12.6. The van der Waals surface area contributed by atoms with Crippen molar-refractivity contribution in [3.63, 3.8) is 0 Å². The van der Waals surface area contributed by atoms with Crippen LogP contribution in [0, 0.1) is 5.92 Å². The molecule has 1 N–H and O–H groups in total. The number of amides is 2. The van der Waals surface area contributed by atoms with Crippen molar-refractivity contribution in [2.45, 2.75) is 19.4 Å². The van der Waals surface area contributed by atoms with Gasteiger partial charge in [0, 0.05) is 37.2 Å². The summed E-state index contributed by atoms with van der Waals surface area (Å²) in [4.78, 5) is 18.5. The minimum atomic E-state index is -0.543. The van der Waals surface area contributed by atoms with Gasteiger partial charge in [0.1, 0.15) is 19.0 Å². The molecule has 25 heavy (non-hydrogen) atoms. The van der Waals surface area contributed by atoms with E-state index >= 15 is 0 Å². The van der Waals surface area contributed by atoms with Gasteiger partial charge in [-0.05, 0) is 24.5 Å². The van der Waals surface area contributed by atoms with Crippen LogP contribution in [-0.4, -0.2) is 46.9 Å². The van der Waals surface area contributed by atoms with Crippen molar-refractivity contribution in [3.8, 4) is 5.75 Å². The molecule has 2 atom stereocenters. The number of alkyl halides is 1. The molecular formula is C18H23FN4O2. The van der Waals surface area contributed by atoms with Crippen LogP contribution in [0.15, 0.2) is 43.0 Å². The molecule has 2 amide bonds. The van der Waals surface area contributed by atoms with Crippen molar-refractivity contribution < 1.29 is 13.9 Å². The Labute approximate surface area is 146 Å². The minimum Gasteiger partial charge on any atom is -0.491 e. The average molecular weight is 346 g/mol. The maximum atomic E-state index is 12.6. The highest BCUT2D eigenvalue weighted by molar-refractivity contribution is 5.89. The molecule has 1 saturated heterocycles. The summed E-state index contributed by atoms with van der Waals surface area (Å²) in [6.07, 6.45) is 6.44. The van der Waals surface area contributed by atoms with Crippen LogP contribution in [0.2, 0.25) is 0 Å². The van der Waals surface area contributed by atoms with E-state index in [0.29, 0.717) is 23.9 Å². The number of nitrogens with zero attached hydrogens (tertiary/aromatic N) is 3. The Bertz CT molecular complexity index is 692. The van der Waals surface area contributed by atoms with E-state index in [4.69, 9.17) is 4.74 Å². The lowest BCUT2D eigenvalue weighted by Crippen LogP contribution is -2.45. The lowest BCUT2D eigenvalue weighted by atomic mass is 9.93. The van der Waals surface area contributed by atoms with Gasteiger partial charge in [0.2, 0.25) is 0 Å². The second-order valence-electron chi connectivity index (χ2n) is 6.28. The first-order valence-electron chi connectivity index (χ1n) is 8.49. The van der Waals surface area contributed by atoms with Gasteiger partial charge in [-0.3, -0.25) is 0 Å². The Morgan fingerprint density at radius 3 is 3.12 bits per heavy atom. The van der Waals surface area contributed by atoms with Crippen LogP contribution in [-0.2, 0) is 0 Å². The molecule has 1 aromatic heterocycles. The highest BCUT2D eigenvalue weighted by Gasteiger charge is 2.29. The van der Waals surface area contributed by atoms with Crippen LogP contribution < -0.4 is 10.1 Å². The number of rotatable bonds is 5. The molecule has 1 aromatic carbocycles. The number of carbonyl (C=O) groups excluding carboxylic acids is 1. The number of hydrogen-bond donors (Lipinski definition) is 1. The molecule has 6 nitrogen and oxygen atoms in total. The molecule has 1 fully saturated rings. The lowest BCUT2D eigenvalue weighted by Gasteiger charge is -2.37. The molecule has 0 unspecified atom stereocenters. The van der Waals surface area contributed by atoms with E-state index in [1.807, 2.05) is 11.1 Å². The van der Waals surface area contributed by atoms with E-state index in [-0.39, 0.29) is 18.7 Å². The van der Waals surface area contributed by atoms with Crippen molar-refractivity contribution >= 4 is 11.7 Å². The van der Waals surface area contributed by atoms with Crippen LogP contribution >= 0.6 is 0 Å². The van der Waals surface area contributed by atoms with Gasteiger partial charge in [-0.25, -0.2) is 14.2 Å². The number of anilines is 1. The Hall–Kier alpha value is -2.57. The quantitative estimate of drug-likeness (QED) is 0.903. The third-order valence-electron chi connectivity index (χ3n) is 4.54. The van der Waals surface area contributed by atoms with E-state index in [0.717, 1.165) is 13.0 Å². The third kappa shape index (κ3) is 4.29. The summed E-state index contributed by atoms with van der Waals surface area (Å²) in [6.45, 7) is 3.02. The Morgan fingerprint density at radius 1 is 1.48 bits per heavy atom. The van der Waals surface area contributed by atoms with E-state index < -0.39 is 6.67 Å². The summed E-state index contributed by atoms with van der Waals surface area (Å²) >= 11 is 0. The zero-order valence-electron chi connectivity index (χ0n) is 14.3. The smallest absolute Gasteiger partial charge is 0.321 e. The van der Waals surface area contributed by atoms with Gasteiger partial charge in [0.25, 0.3) is 0 Å². The normalized spacial score (nSPS) is 20.3. The van der Waals surface area contributed by atoms with Crippen LogP contribution in [0.4, 0.5) is 14.9 Å². The van der Waals surface area contributed by atoms with Gasteiger partial charge < -0.3 is 19.5 Å². The zero-order chi connectivity index (χ0) is 17.6. The standard InChI is InChI=1S/C18H23FN4O2/c1-14-5-8-22(12-17(14)23-9-7-20-13-23)18(24)21-15-3-2-4-16(11-15)25-10-6-19/h2-4,7,9,11,13-14,17H,5-6,8,10,12H2,1H3,(H,21,24)/t14-,17+/m0/s1. The number of ether oxygens (including phenoxy) is 1. The highest BCUT2D eigenvalue weighted by atomic mass is 19.1. The largest absolute Gasteiger partial charge is 0.491 e. The van der Waals surface area contributed by atoms with E-state index in [1.165, 1.54) is 0 Å². The molecule has 0 radical (unpaired) electrons. The molecular weight excluding hydrogens is 323 g/mol. The number of halogens is 1. The van der Waals surface area contributed by atoms with Crippen LogP contribution in [0.25, 0.3) is 0 Å². The zero-order valence-corrected chi connectivity index (χ0v) is 14.3. The van der Waals surface area contributed by atoms with E-state index in [9.17, 15) is 9.18 Å². The summed E-state index contributed by atoms with van der Waals surface area (Å²) in [6, 6.07) is 7.09. The number of hydrogen-bond acceptors (Lipinski definition) is 3. The van der Waals surface area contributed by atoms with Crippen molar-refractivity contribution in [1.82, 2.24) is 14.5 Å². The second kappa shape index (κ2) is 8.00. The number of nitrogens with one attached hydrogen (secondary N) is 1. The van der Waals surface area contributed by atoms with Gasteiger partial charge in [-0.1, -0.05) is 13.0 Å². The monoisotopic (exact) mass is 346 g/mol. The average Bonchev–Trinajstić information content (AvgIpc) is 3.15. The summed E-state index contributed by atoms with van der Waals surface area (Å²) < 4.78 is 19.5. The Kier molecular flexibility index (Phi) is 5.53. The molecule has 0 aliphatic carbocycles. The number of imidazole rings is 1. The molecule has 1 aliphatic heterocycles. The van der Waals surface area contributed by atoms with Gasteiger partial charge in [0.05, 0.1) is 12.4 Å². The summed E-state index contributed by atoms with van der Waals surface area (Å²) in [5, 5.41) is 2.90. The molecule has 0 bridgehead atoms. The summed E-state index contributed by atoms with van der Waals surface area (Å²) in [5.74, 6) is 1.02. The van der Waals surface area contributed by atoms with Gasteiger partial charge in [-0.15, -0.1) is 0 Å². The van der Waals surface area contributed by atoms with E-state index in [2.05, 4.69) is 21.8 Å². The molecule has 134 valence electrons. The Morgan fingerprint density at radius 2 is 2.36 bits per heavy atom.